The Bertz CT molecular complexity index is 479. The fraction of sp³-hybridized carbons (Fsp3) is 0.500. The largest absolute Gasteiger partial charge is 0.496 e. The lowest BCUT2D eigenvalue weighted by Gasteiger charge is -2.35. The standard InChI is InChI=1S/C14H19FN2O2/c1-9-8-17(7-6-11(9)16)14(18)13-10(15)4-3-5-12(13)19-2/h3-5,9,11H,6-8,16H2,1-2H3. The van der Waals surface area contributed by atoms with Crippen molar-refractivity contribution in [2.75, 3.05) is 20.2 Å². The highest BCUT2D eigenvalue weighted by Crippen LogP contribution is 2.25. The fourth-order valence-corrected chi connectivity index (χ4v) is 2.39. The minimum atomic E-state index is -0.549. The number of hydrogen-bond donors (Lipinski definition) is 1. The smallest absolute Gasteiger partial charge is 0.260 e. The maximum Gasteiger partial charge on any atom is 0.260 e. The van der Waals surface area contributed by atoms with Crippen LogP contribution in [-0.2, 0) is 0 Å². The summed E-state index contributed by atoms with van der Waals surface area (Å²) in [4.78, 5) is 14.1. The molecule has 1 aromatic carbocycles. The Hall–Kier alpha value is -1.62. The monoisotopic (exact) mass is 266 g/mol. The first-order valence-electron chi connectivity index (χ1n) is 6.42. The van der Waals surface area contributed by atoms with Crippen molar-refractivity contribution in [2.45, 2.75) is 19.4 Å². The van der Waals surface area contributed by atoms with Crippen molar-refractivity contribution in [2.24, 2.45) is 11.7 Å². The number of nitrogens with zero attached hydrogens (tertiary/aromatic N) is 1. The molecule has 2 atom stereocenters. The van der Waals surface area contributed by atoms with Gasteiger partial charge in [0.05, 0.1) is 7.11 Å². The molecule has 1 heterocycles. The highest BCUT2D eigenvalue weighted by molar-refractivity contribution is 5.97. The summed E-state index contributed by atoms with van der Waals surface area (Å²) in [6, 6.07) is 4.50. The molecule has 1 aliphatic rings. The number of nitrogens with two attached hydrogens (primary N) is 1. The lowest BCUT2D eigenvalue weighted by Crippen LogP contribution is -2.48. The second-order valence-electron chi connectivity index (χ2n) is 5.00. The summed E-state index contributed by atoms with van der Waals surface area (Å²) in [5.74, 6) is -0.386. The lowest BCUT2D eigenvalue weighted by atomic mass is 9.94. The second-order valence-corrected chi connectivity index (χ2v) is 5.00. The Labute approximate surface area is 112 Å². The highest BCUT2D eigenvalue weighted by atomic mass is 19.1. The van der Waals surface area contributed by atoms with E-state index >= 15 is 0 Å². The Kier molecular flexibility index (Phi) is 4.04. The van der Waals surface area contributed by atoms with Gasteiger partial charge in [-0.1, -0.05) is 13.0 Å². The van der Waals surface area contributed by atoms with E-state index < -0.39 is 5.82 Å². The van der Waals surface area contributed by atoms with E-state index in [0.29, 0.717) is 13.1 Å². The van der Waals surface area contributed by atoms with E-state index in [1.54, 1.807) is 11.0 Å². The van der Waals surface area contributed by atoms with Gasteiger partial charge in [-0.25, -0.2) is 4.39 Å². The minimum Gasteiger partial charge on any atom is -0.496 e. The summed E-state index contributed by atoms with van der Waals surface area (Å²) >= 11 is 0. The van der Waals surface area contributed by atoms with Gasteiger partial charge in [0.1, 0.15) is 17.1 Å². The summed E-state index contributed by atoms with van der Waals surface area (Å²) in [5, 5.41) is 0. The van der Waals surface area contributed by atoms with Gasteiger partial charge in [0.25, 0.3) is 5.91 Å². The van der Waals surface area contributed by atoms with Crippen LogP contribution >= 0.6 is 0 Å². The first-order valence-corrected chi connectivity index (χ1v) is 6.42. The molecule has 2 N–H and O–H groups in total. The molecule has 1 amide bonds. The molecule has 0 spiro atoms. The lowest BCUT2D eigenvalue weighted by molar-refractivity contribution is 0.0656. The second kappa shape index (κ2) is 5.57. The van der Waals surface area contributed by atoms with Gasteiger partial charge >= 0.3 is 0 Å². The van der Waals surface area contributed by atoms with Gasteiger partial charge in [0.15, 0.2) is 0 Å². The predicted molar refractivity (Wildman–Crippen MR) is 70.6 cm³/mol. The zero-order valence-corrected chi connectivity index (χ0v) is 11.2. The maximum atomic E-state index is 13.9. The van der Waals surface area contributed by atoms with Crippen molar-refractivity contribution < 1.29 is 13.9 Å². The Morgan fingerprint density at radius 1 is 1.53 bits per heavy atom. The number of likely N-dealkylation sites (tertiary alicyclic amines) is 1. The van der Waals surface area contributed by atoms with Gasteiger partial charge in [0.2, 0.25) is 0 Å². The van der Waals surface area contributed by atoms with Crippen LogP contribution in [0.5, 0.6) is 5.75 Å². The van der Waals surface area contributed by atoms with Crippen LogP contribution in [0.15, 0.2) is 18.2 Å². The zero-order valence-electron chi connectivity index (χ0n) is 11.2. The molecule has 0 aromatic heterocycles. The summed E-state index contributed by atoms with van der Waals surface area (Å²) in [5.41, 5.74) is 5.94. The number of hydrogen-bond acceptors (Lipinski definition) is 3. The first kappa shape index (κ1) is 13.8. The number of methoxy groups -OCH3 is 1. The Morgan fingerprint density at radius 3 is 2.89 bits per heavy atom. The van der Waals surface area contributed by atoms with Crippen LogP contribution in [0.4, 0.5) is 4.39 Å². The number of piperidine rings is 1. The molecule has 1 saturated heterocycles. The minimum absolute atomic E-state index is 0.00710. The molecule has 0 aliphatic carbocycles. The van der Waals surface area contributed by atoms with Crippen molar-refractivity contribution >= 4 is 5.91 Å². The predicted octanol–water partition coefficient (Wildman–Crippen LogP) is 1.64. The molecular weight excluding hydrogens is 247 g/mol. The molecule has 1 aromatic rings. The van der Waals surface area contributed by atoms with Gasteiger partial charge in [-0.3, -0.25) is 4.79 Å². The topological polar surface area (TPSA) is 55.6 Å². The zero-order chi connectivity index (χ0) is 14.0. The number of halogens is 1. The molecule has 4 nitrogen and oxygen atoms in total. The van der Waals surface area contributed by atoms with E-state index in [4.69, 9.17) is 10.5 Å². The number of ether oxygens (including phenoxy) is 1. The van der Waals surface area contributed by atoms with Crippen molar-refractivity contribution in [3.63, 3.8) is 0 Å². The third kappa shape index (κ3) is 2.71. The van der Waals surface area contributed by atoms with Crippen LogP contribution in [0.1, 0.15) is 23.7 Å². The van der Waals surface area contributed by atoms with E-state index in [-0.39, 0.29) is 29.2 Å². The van der Waals surface area contributed by atoms with Gasteiger partial charge in [-0.2, -0.15) is 0 Å². The van der Waals surface area contributed by atoms with Crippen LogP contribution in [0.2, 0.25) is 0 Å². The van der Waals surface area contributed by atoms with Crippen LogP contribution in [0.3, 0.4) is 0 Å². The molecule has 0 bridgehead atoms. The quantitative estimate of drug-likeness (QED) is 0.885. The van der Waals surface area contributed by atoms with Crippen molar-refractivity contribution in [3.05, 3.63) is 29.6 Å². The number of amides is 1. The number of rotatable bonds is 2. The van der Waals surface area contributed by atoms with E-state index in [1.165, 1.54) is 19.2 Å². The van der Waals surface area contributed by atoms with E-state index in [2.05, 4.69) is 0 Å². The van der Waals surface area contributed by atoms with Gasteiger partial charge in [-0.05, 0) is 24.5 Å². The molecule has 5 heteroatoms. The van der Waals surface area contributed by atoms with Crippen LogP contribution in [0, 0.1) is 11.7 Å². The summed E-state index contributed by atoms with van der Waals surface area (Å²) in [6.07, 6.45) is 0.740. The summed E-state index contributed by atoms with van der Waals surface area (Å²) < 4.78 is 18.9. The first-order chi connectivity index (χ1) is 9.04. The molecule has 1 fully saturated rings. The molecule has 0 saturated carbocycles. The van der Waals surface area contributed by atoms with E-state index in [9.17, 15) is 9.18 Å². The molecule has 1 aliphatic heterocycles. The Morgan fingerprint density at radius 2 is 2.26 bits per heavy atom. The van der Waals surface area contributed by atoms with Crippen LogP contribution < -0.4 is 10.5 Å². The number of benzene rings is 1. The van der Waals surface area contributed by atoms with Crippen molar-refractivity contribution in [1.29, 1.82) is 0 Å². The average Bonchev–Trinajstić information content (AvgIpc) is 2.40. The highest BCUT2D eigenvalue weighted by Gasteiger charge is 2.29. The van der Waals surface area contributed by atoms with Gasteiger partial charge < -0.3 is 15.4 Å². The van der Waals surface area contributed by atoms with E-state index in [0.717, 1.165) is 6.42 Å². The third-order valence-electron chi connectivity index (χ3n) is 3.67. The molecule has 2 unspecified atom stereocenters. The summed E-state index contributed by atoms with van der Waals surface area (Å²) in [6.45, 7) is 3.11. The molecule has 19 heavy (non-hydrogen) atoms. The molecule has 104 valence electrons. The van der Waals surface area contributed by atoms with E-state index in [1.807, 2.05) is 6.92 Å². The van der Waals surface area contributed by atoms with Gasteiger partial charge in [0, 0.05) is 19.1 Å². The molecule has 2 rings (SSSR count). The van der Waals surface area contributed by atoms with Crippen LogP contribution in [0.25, 0.3) is 0 Å². The maximum absolute atomic E-state index is 13.9. The van der Waals surface area contributed by atoms with Crippen molar-refractivity contribution in [3.8, 4) is 5.75 Å². The Balaban J connectivity index is 2.25. The summed E-state index contributed by atoms with van der Waals surface area (Å²) in [7, 11) is 1.43. The molecular formula is C14H19FN2O2. The number of carbonyl (C=O) groups is 1. The van der Waals surface area contributed by atoms with Gasteiger partial charge in [-0.15, -0.1) is 0 Å². The SMILES string of the molecule is COc1cccc(F)c1C(=O)N1CCC(N)C(C)C1. The average molecular weight is 266 g/mol. The normalized spacial score (nSPS) is 23.3. The molecule has 0 radical (unpaired) electrons. The number of carbonyl (C=O) groups excluding carboxylic acids is 1. The fourth-order valence-electron chi connectivity index (χ4n) is 2.39. The van der Waals surface area contributed by atoms with Crippen molar-refractivity contribution in [1.82, 2.24) is 4.90 Å². The van der Waals surface area contributed by atoms with Crippen LogP contribution in [-0.4, -0.2) is 37.0 Å². The third-order valence-corrected chi connectivity index (χ3v) is 3.67.